The number of rotatable bonds is 0. The fourth-order valence-corrected chi connectivity index (χ4v) is 3.53. The van der Waals surface area contributed by atoms with Crippen LogP contribution in [0.5, 0.6) is 0 Å². The van der Waals surface area contributed by atoms with E-state index in [1.165, 1.54) is 62.1 Å². The van der Waals surface area contributed by atoms with Gasteiger partial charge in [0.1, 0.15) is 0 Å². The first-order chi connectivity index (χ1) is 17.4. The average molecular weight is 497 g/mol. The summed E-state index contributed by atoms with van der Waals surface area (Å²) in [6, 6.07) is 29.7. The molecule has 0 unspecified atom stereocenters. The van der Waals surface area contributed by atoms with E-state index < -0.39 is 0 Å². The zero-order chi connectivity index (χ0) is 28.4. The van der Waals surface area contributed by atoms with Crippen molar-refractivity contribution in [2.24, 2.45) is 0 Å². The molecule has 200 valence electrons. The van der Waals surface area contributed by atoms with E-state index in [4.69, 9.17) is 0 Å². The quantitative estimate of drug-likeness (QED) is 0.227. The third-order valence-electron chi connectivity index (χ3n) is 5.84. The van der Waals surface area contributed by atoms with E-state index in [1.807, 2.05) is 18.2 Å². The number of hydrogen-bond donors (Lipinski definition) is 0. The van der Waals surface area contributed by atoms with Crippen molar-refractivity contribution < 1.29 is 0 Å². The van der Waals surface area contributed by atoms with Crippen LogP contribution in [0.25, 0.3) is 0 Å². The van der Waals surface area contributed by atoms with Gasteiger partial charge in [-0.1, -0.05) is 133 Å². The molecule has 0 aromatic heterocycles. The van der Waals surface area contributed by atoms with E-state index >= 15 is 0 Å². The molecule has 0 radical (unpaired) electrons. The summed E-state index contributed by atoms with van der Waals surface area (Å²) in [7, 11) is 0. The Morgan fingerprint density at radius 1 is 0.351 bits per heavy atom. The van der Waals surface area contributed by atoms with E-state index in [-0.39, 0.29) is 0 Å². The summed E-state index contributed by atoms with van der Waals surface area (Å²) in [5.74, 6) is 0. The predicted octanol–water partition coefficient (Wildman–Crippen LogP) is 11.2. The highest BCUT2D eigenvalue weighted by molar-refractivity contribution is 5.32. The highest BCUT2D eigenvalue weighted by atomic mass is 14.0. The second kappa shape index (κ2) is 19.1. The molecule has 0 aliphatic carbocycles. The van der Waals surface area contributed by atoms with Crippen molar-refractivity contribution in [3.8, 4) is 0 Å². The SMILES string of the molecule is CCC.Cc1cc(C)cc(C)c1.Cc1ccc(C)c(C)c1.Cc1cccc(C)c1C.Cc1ccccc1. The third kappa shape index (κ3) is 16.3. The molecule has 0 heterocycles. The molecule has 0 atom stereocenters. The Bertz CT molecular complexity index is 1080. The van der Waals surface area contributed by atoms with Crippen LogP contribution in [0.15, 0.2) is 84.9 Å². The predicted molar refractivity (Wildman–Crippen MR) is 169 cm³/mol. The minimum Gasteiger partial charge on any atom is -0.0656 e. The van der Waals surface area contributed by atoms with Crippen molar-refractivity contribution in [3.63, 3.8) is 0 Å². The number of aryl methyl sites for hydroxylation is 9. The Morgan fingerprint density at radius 3 is 1.08 bits per heavy atom. The lowest BCUT2D eigenvalue weighted by molar-refractivity contribution is 1.09. The molecule has 4 rings (SSSR count). The summed E-state index contributed by atoms with van der Waals surface area (Å²) in [5, 5.41) is 0. The summed E-state index contributed by atoms with van der Waals surface area (Å²) in [5.41, 5.74) is 13.7. The van der Waals surface area contributed by atoms with Gasteiger partial charge < -0.3 is 0 Å². The van der Waals surface area contributed by atoms with Gasteiger partial charge in [0.2, 0.25) is 0 Å². The van der Waals surface area contributed by atoms with Gasteiger partial charge in [0, 0.05) is 0 Å². The summed E-state index contributed by atoms with van der Waals surface area (Å²) >= 11 is 0. The summed E-state index contributed by atoms with van der Waals surface area (Å²) < 4.78 is 0. The van der Waals surface area contributed by atoms with Gasteiger partial charge >= 0.3 is 0 Å². The van der Waals surface area contributed by atoms with Crippen LogP contribution < -0.4 is 0 Å². The minimum atomic E-state index is 1.25. The third-order valence-corrected chi connectivity index (χ3v) is 5.84. The lowest BCUT2D eigenvalue weighted by atomic mass is 10.1. The van der Waals surface area contributed by atoms with E-state index in [0.29, 0.717) is 0 Å². The monoisotopic (exact) mass is 496 g/mol. The number of hydrogen-bond acceptors (Lipinski definition) is 0. The number of benzene rings is 4. The highest BCUT2D eigenvalue weighted by Gasteiger charge is 1.92. The first kappa shape index (κ1) is 33.9. The Labute approximate surface area is 229 Å². The molecule has 0 bridgehead atoms. The molecule has 4 aromatic rings. The molecule has 0 nitrogen and oxygen atoms in total. The smallest absolute Gasteiger partial charge is 0.0392 e. The van der Waals surface area contributed by atoms with Crippen LogP contribution in [0, 0.1) is 69.2 Å². The summed E-state index contributed by atoms with van der Waals surface area (Å²) in [6.45, 7) is 25.5. The second-order valence-electron chi connectivity index (χ2n) is 10.1. The molecule has 0 fully saturated rings. The van der Waals surface area contributed by atoms with Crippen LogP contribution in [0.4, 0.5) is 0 Å². The molecule has 37 heavy (non-hydrogen) atoms. The maximum atomic E-state index is 2.20. The summed E-state index contributed by atoms with van der Waals surface area (Å²) in [4.78, 5) is 0. The first-order valence-corrected chi connectivity index (χ1v) is 13.5. The Kier molecular flexibility index (Phi) is 17.4. The van der Waals surface area contributed by atoms with E-state index in [2.05, 4.69) is 150 Å². The highest BCUT2D eigenvalue weighted by Crippen LogP contribution is 2.10. The van der Waals surface area contributed by atoms with Crippen LogP contribution in [0.2, 0.25) is 0 Å². The Morgan fingerprint density at radius 2 is 0.784 bits per heavy atom. The topological polar surface area (TPSA) is 0 Å². The normalized spacial score (nSPS) is 9.19. The minimum absolute atomic E-state index is 1.25. The van der Waals surface area contributed by atoms with Gasteiger partial charge in [-0.15, -0.1) is 0 Å². The van der Waals surface area contributed by atoms with Crippen molar-refractivity contribution in [2.75, 3.05) is 0 Å². The van der Waals surface area contributed by atoms with Crippen LogP contribution in [0.3, 0.4) is 0 Å². The fourth-order valence-electron chi connectivity index (χ4n) is 3.53. The molecule has 0 saturated carbocycles. The van der Waals surface area contributed by atoms with Crippen molar-refractivity contribution in [1.82, 2.24) is 0 Å². The molecule has 0 aliphatic rings. The van der Waals surface area contributed by atoms with Crippen molar-refractivity contribution >= 4 is 0 Å². The molecule has 0 spiro atoms. The maximum Gasteiger partial charge on any atom is -0.0392 e. The van der Waals surface area contributed by atoms with Crippen LogP contribution in [0.1, 0.15) is 75.9 Å². The second-order valence-corrected chi connectivity index (χ2v) is 10.1. The lowest BCUT2D eigenvalue weighted by Crippen LogP contribution is -1.82. The Hall–Kier alpha value is -3.12. The average Bonchev–Trinajstić information content (AvgIpc) is 2.81. The van der Waals surface area contributed by atoms with E-state index in [9.17, 15) is 0 Å². The van der Waals surface area contributed by atoms with Gasteiger partial charge in [0.05, 0.1) is 0 Å². The van der Waals surface area contributed by atoms with Crippen LogP contribution in [-0.4, -0.2) is 0 Å². The molecule has 4 aromatic carbocycles. The van der Waals surface area contributed by atoms with Gasteiger partial charge in [0.25, 0.3) is 0 Å². The molecule has 0 amide bonds. The zero-order valence-electron chi connectivity index (χ0n) is 25.8. The zero-order valence-corrected chi connectivity index (χ0v) is 25.8. The standard InChI is InChI=1S/3C9H12.C7H8.C3H8/c1-7-4-8(2)6-9(3)5-7;1-7-4-5-8(2)9(3)6-7;1-7-5-4-6-8(2)9(7)3;1-7-5-3-2-4-6-7;1-3-2/h3*4-6H,1-3H3;2-6H,1H3;3H2,1-2H3. The molecular weight excluding hydrogens is 444 g/mol. The maximum absolute atomic E-state index is 2.20. The van der Waals surface area contributed by atoms with Crippen LogP contribution >= 0.6 is 0 Å². The lowest BCUT2D eigenvalue weighted by Gasteiger charge is -2.00. The van der Waals surface area contributed by atoms with E-state index in [1.54, 1.807) is 0 Å². The van der Waals surface area contributed by atoms with Gasteiger partial charge in [-0.3, -0.25) is 0 Å². The van der Waals surface area contributed by atoms with Crippen LogP contribution in [-0.2, 0) is 0 Å². The molecular formula is C37H52. The molecule has 0 N–H and O–H groups in total. The largest absolute Gasteiger partial charge is 0.0656 e. The first-order valence-electron chi connectivity index (χ1n) is 13.5. The van der Waals surface area contributed by atoms with Crippen molar-refractivity contribution in [1.29, 1.82) is 0 Å². The van der Waals surface area contributed by atoms with Crippen molar-refractivity contribution in [2.45, 2.75) is 89.5 Å². The van der Waals surface area contributed by atoms with Gasteiger partial charge in [-0.2, -0.15) is 0 Å². The van der Waals surface area contributed by atoms with Gasteiger partial charge in [0.15, 0.2) is 0 Å². The molecule has 0 saturated heterocycles. The van der Waals surface area contributed by atoms with Gasteiger partial charge in [-0.05, 0) is 97.1 Å². The molecule has 0 aliphatic heterocycles. The fraction of sp³-hybridized carbons (Fsp3) is 0.351. The molecule has 0 heteroatoms. The van der Waals surface area contributed by atoms with Gasteiger partial charge in [-0.25, -0.2) is 0 Å². The Balaban J connectivity index is 0.000000452. The van der Waals surface area contributed by atoms with E-state index in [0.717, 1.165) is 0 Å². The van der Waals surface area contributed by atoms with Crippen molar-refractivity contribution in [3.05, 3.63) is 141 Å². The summed E-state index contributed by atoms with van der Waals surface area (Å²) in [6.07, 6.45) is 1.25.